The molecule has 152 valence electrons. The van der Waals surface area contributed by atoms with Gasteiger partial charge in [0.05, 0.1) is 5.41 Å². The van der Waals surface area contributed by atoms with Crippen molar-refractivity contribution in [1.82, 2.24) is 10.2 Å². The number of hydrogen-bond donors (Lipinski definition) is 2. The van der Waals surface area contributed by atoms with Crippen LogP contribution < -0.4 is 10.6 Å². The quantitative estimate of drug-likeness (QED) is 0.797. The molecule has 1 saturated carbocycles. The Kier molecular flexibility index (Phi) is 5.51. The normalized spacial score (nSPS) is 17.5. The number of amides is 3. The smallest absolute Gasteiger partial charge is 0.321 e. The van der Waals surface area contributed by atoms with Crippen molar-refractivity contribution in [3.05, 3.63) is 65.5 Å². The van der Waals surface area contributed by atoms with Gasteiger partial charge in [-0.05, 0) is 61.1 Å². The zero-order valence-electron chi connectivity index (χ0n) is 16.4. The van der Waals surface area contributed by atoms with E-state index < -0.39 is 5.41 Å². The van der Waals surface area contributed by atoms with E-state index in [2.05, 4.69) is 10.6 Å². The van der Waals surface area contributed by atoms with Crippen LogP contribution in [0.25, 0.3) is 0 Å². The number of rotatable bonds is 5. The summed E-state index contributed by atoms with van der Waals surface area (Å²) in [5.74, 6) is -0.321. The lowest BCUT2D eigenvalue weighted by Gasteiger charge is -2.40. The van der Waals surface area contributed by atoms with Gasteiger partial charge in [-0.2, -0.15) is 0 Å². The summed E-state index contributed by atoms with van der Waals surface area (Å²) in [6.45, 7) is 1.98. The van der Waals surface area contributed by atoms with Gasteiger partial charge < -0.3 is 15.5 Å². The Labute approximate surface area is 170 Å². The average Bonchev–Trinajstić information content (AvgIpc) is 3.22. The van der Waals surface area contributed by atoms with Crippen LogP contribution in [0.3, 0.4) is 0 Å². The van der Waals surface area contributed by atoms with E-state index in [1.54, 1.807) is 12.1 Å². The summed E-state index contributed by atoms with van der Waals surface area (Å²) >= 11 is 0. The molecule has 2 aromatic carbocycles. The predicted octanol–water partition coefficient (Wildman–Crippen LogP) is 4.19. The maximum atomic E-state index is 13.3. The number of urea groups is 1. The monoisotopic (exact) mass is 395 g/mol. The molecular formula is C23H26FN3O2. The van der Waals surface area contributed by atoms with E-state index in [-0.39, 0.29) is 17.8 Å². The van der Waals surface area contributed by atoms with Gasteiger partial charge >= 0.3 is 6.03 Å². The fraction of sp³-hybridized carbons (Fsp3) is 0.391. The van der Waals surface area contributed by atoms with Crippen LogP contribution in [0.15, 0.2) is 48.5 Å². The molecule has 2 aliphatic rings. The summed E-state index contributed by atoms with van der Waals surface area (Å²) in [4.78, 5) is 27.0. The third-order valence-corrected chi connectivity index (χ3v) is 6.06. The molecule has 2 aromatic rings. The maximum Gasteiger partial charge on any atom is 0.321 e. The second kappa shape index (κ2) is 8.23. The van der Waals surface area contributed by atoms with Crippen LogP contribution in [0.4, 0.5) is 14.9 Å². The van der Waals surface area contributed by atoms with Crippen LogP contribution in [0.5, 0.6) is 0 Å². The van der Waals surface area contributed by atoms with Crippen molar-refractivity contribution in [3.8, 4) is 0 Å². The second-order valence-corrected chi connectivity index (χ2v) is 7.95. The van der Waals surface area contributed by atoms with Crippen LogP contribution in [-0.4, -0.2) is 29.9 Å². The number of halogens is 1. The van der Waals surface area contributed by atoms with Crippen molar-refractivity contribution in [3.63, 3.8) is 0 Å². The minimum atomic E-state index is -0.560. The van der Waals surface area contributed by atoms with Gasteiger partial charge in [-0.25, -0.2) is 9.18 Å². The van der Waals surface area contributed by atoms with Gasteiger partial charge in [0.2, 0.25) is 5.91 Å². The zero-order valence-corrected chi connectivity index (χ0v) is 16.4. The summed E-state index contributed by atoms with van der Waals surface area (Å²) in [5, 5.41) is 5.97. The fourth-order valence-corrected chi connectivity index (χ4v) is 4.18. The number of benzene rings is 2. The third-order valence-electron chi connectivity index (χ3n) is 6.06. The Morgan fingerprint density at radius 3 is 2.38 bits per heavy atom. The number of nitrogens with zero attached hydrogens (tertiary/aromatic N) is 1. The highest BCUT2D eigenvalue weighted by molar-refractivity contribution is 5.90. The Morgan fingerprint density at radius 2 is 1.72 bits per heavy atom. The number of carbonyl (C=O) groups is 2. The van der Waals surface area contributed by atoms with Crippen LogP contribution in [-0.2, 0) is 16.8 Å². The first-order chi connectivity index (χ1) is 14.1. The maximum absolute atomic E-state index is 13.3. The highest BCUT2D eigenvalue weighted by atomic mass is 19.1. The predicted molar refractivity (Wildman–Crippen MR) is 110 cm³/mol. The highest BCUT2D eigenvalue weighted by Gasteiger charge is 2.45. The molecule has 0 atom stereocenters. The molecule has 1 saturated heterocycles. The van der Waals surface area contributed by atoms with E-state index in [4.69, 9.17) is 0 Å². The minimum absolute atomic E-state index is 0.0261. The van der Waals surface area contributed by atoms with Gasteiger partial charge in [0.1, 0.15) is 5.82 Å². The SMILES string of the molecule is O=C(Nc1cccc(CNC(=O)C2(c3ccc(F)cc3)CCC2)c1)N1CCCC1. The Bertz CT molecular complexity index is 887. The lowest BCUT2D eigenvalue weighted by molar-refractivity contribution is -0.130. The molecule has 0 aromatic heterocycles. The molecule has 0 radical (unpaired) electrons. The van der Waals surface area contributed by atoms with Gasteiger partial charge in [-0.1, -0.05) is 30.7 Å². The molecule has 0 spiro atoms. The van der Waals surface area contributed by atoms with E-state index in [1.807, 2.05) is 29.2 Å². The molecule has 1 heterocycles. The molecule has 3 amide bonds. The van der Waals surface area contributed by atoms with E-state index in [0.29, 0.717) is 6.54 Å². The number of anilines is 1. The lowest BCUT2D eigenvalue weighted by Crippen LogP contribution is -2.49. The topological polar surface area (TPSA) is 61.4 Å². The van der Waals surface area contributed by atoms with Gasteiger partial charge in [0, 0.05) is 25.3 Å². The number of carbonyl (C=O) groups excluding carboxylic acids is 2. The van der Waals surface area contributed by atoms with Gasteiger partial charge in [0.25, 0.3) is 0 Å². The molecule has 0 unspecified atom stereocenters. The first kappa shape index (κ1) is 19.4. The van der Waals surface area contributed by atoms with E-state index in [9.17, 15) is 14.0 Å². The molecule has 6 heteroatoms. The summed E-state index contributed by atoms with van der Waals surface area (Å²) < 4.78 is 13.3. The average molecular weight is 395 g/mol. The number of likely N-dealkylation sites (tertiary alicyclic amines) is 1. The molecule has 1 aliphatic carbocycles. The molecule has 2 N–H and O–H groups in total. The summed E-state index contributed by atoms with van der Waals surface area (Å²) in [6, 6.07) is 13.7. The second-order valence-electron chi connectivity index (χ2n) is 7.95. The molecule has 0 bridgehead atoms. The largest absolute Gasteiger partial charge is 0.351 e. The highest BCUT2D eigenvalue weighted by Crippen LogP contribution is 2.44. The summed E-state index contributed by atoms with van der Waals surface area (Å²) in [5.41, 5.74) is 1.96. The van der Waals surface area contributed by atoms with Crippen molar-refractivity contribution >= 4 is 17.6 Å². The first-order valence-corrected chi connectivity index (χ1v) is 10.3. The van der Waals surface area contributed by atoms with Crippen molar-refractivity contribution in [2.24, 2.45) is 0 Å². The van der Waals surface area contributed by atoms with E-state index >= 15 is 0 Å². The summed E-state index contributed by atoms with van der Waals surface area (Å²) in [7, 11) is 0. The lowest BCUT2D eigenvalue weighted by atomic mass is 9.64. The van der Waals surface area contributed by atoms with Crippen LogP contribution in [0.1, 0.15) is 43.2 Å². The molecule has 5 nitrogen and oxygen atoms in total. The van der Waals surface area contributed by atoms with Gasteiger partial charge in [-0.15, -0.1) is 0 Å². The third kappa shape index (κ3) is 4.11. The standard InChI is InChI=1S/C23H26FN3O2/c24-19-9-7-18(8-10-19)23(11-4-12-23)21(28)25-16-17-5-3-6-20(15-17)26-22(29)27-13-1-2-14-27/h3,5-10,15H,1-2,4,11-14,16H2,(H,25,28)(H,26,29). The van der Waals surface area contributed by atoms with Crippen LogP contribution >= 0.6 is 0 Å². The fourth-order valence-electron chi connectivity index (χ4n) is 4.18. The Balaban J connectivity index is 1.38. The molecule has 4 rings (SSSR count). The van der Waals surface area contributed by atoms with E-state index in [1.165, 1.54) is 12.1 Å². The van der Waals surface area contributed by atoms with Crippen LogP contribution in [0, 0.1) is 5.82 Å². The molecule has 1 aliphatic heterocycles. The number of nitrogens with one attached hydrogen (secondary N) is 2. The molecule has 2 fully saturated rings. The van der Waals surface area contributed by atoms with Gasteiger partial charge in [-0.3, -0.25) is 4.79 Å². The minimum Gasteiger partial charge on any atom is -0.351 e. The number of hydrogen-bond acceptors (Lipinski definition) is 2. The van der Waals surface area contributed by atoms with Crippen LogP contribution in [0.2, 0.25) is 0 Å². The molecule has 29 heavy (non-hydrogen) atoms. The van der Waals surface area contributed by atoms with Crippen molar-refractivity contribution in [2.45, 2.75) is 44.1 Å². The van der Waals surface area contributed by atoms with Gasteiger partial charge in [0.15, 0.2) is 0 Å². The molecular weight excluding hydrogens is 369 g/mol. The van der Waals surface area contributed by atoms with Crippen molar-refractivity contribution in [1.29, 1.82) is 0 Å². The summed E-state index contributed by atoms with van der Waals surface area (Å²) in [6.07, 6.45) is 4.64. The van der Waals surface area contributed by atoms with Crippen molar-refractivity contribution in [2.75, 3.05) is 18.4 Å². The zero-order chi connectivity index (χ0) is 20.3. The first-order valence-electron chi connectivity index (χ1n) is 10.3. The van der Waals surface area contributed by atoms with Crippen molar-refractivity contribution < 1.29 is 14.0 Å². The Hall–Kier alpha value is -2.89. The Morgan fingerprint density at radius 1 is 1.00 bits per heavy atom. The van der Waals surface area contributed by atoms with E-state index in [0.717, 1.165) is 62.0 Å².